The van der Waals surface area contributed by atoms with Gasteiger partial charge in [0.05, 0.1) is 7.92 Å². The molecule has 0 aliphatic carbocycles. The van der Waals surface area contributed by atoms with E-state index in [9.17, 15) is 5.11 Å². The zero-order chi connectivity index (χ0) is 22.9. The van der Waals surface area contributed by atoms with Crippen LogP contribution in [0, 0.1) is 13.8 Å². The Morgan fingerprint density at radius 3 is 1.88 bits per heavy atom. The molecule has 0 bridgehead atoms. The fourth-order valence-corrected chi connectivity index (χ4v) is 8.17. The van der Waals surface area contributed by atoms with Gasteiger partial charge in [-0.3, -0.25) is 0 Å². The number of phenols is 1. The van der Waals surface area contributed by atoms with Crippen LogP contribution < -0.4 is 26.5 Å². The van der Waals surface area contributed by atoms with Crippen LogP contribution in [0.25, 0.3) is 0 Å². The summed E-state index contributed by atoms with van der Waals surface area (Å²) < 4.78 is 0. The third kappa shape index (κ3) is 6.68. The molecule has 1 nitrogen and oxygen atoms in total. The van der Waals surface area contributed by atoms with Crippen molar-refractivity contribution in [2.24, 2.45) is 0 Å². The zero-order valence-corrected chi connectivity index (χ0v) is 23.0. The number of phenolic OH excluding ortho intramolecular Hbond substituents is 1. The van der Waals surface area contributed by atoms with E-state index < -0.39 is 25.0 Å². The second kappa shape index (κ2) is 12.9. The number of hydrogen-bond acceptors (Lipinski definition) is 1. The molecule has 1 atom stereocenters. The average Bonchev–Trinajstić information content (AvgIpc) is 2.80. The van der Waals surface area contributed by atoms with Gasteiger partial charge in [0.2, 0.25) is 0 Å². The predicted molar refractivity (Wildman–Crippen MR) is 143 cm³/mol. The van der Waals surface area contributed by atoms with Crippen molar-refractivity contribution < 1.29 is 22.1 Å². The van der Waals surface area contributed by atoms with Crippen molar-refractivity contribution in [3.63, 3.8) is 0 Å². The maximum atomic E-state index is 10.5. The summed E-state index contributed by atoms with van der Waals surface area (Å²) in [7, 11) is 9.06. The molecule has 4 rings (SSSR count). The van der Waals surface area contributed by atoms with Gasteiger partial charge in [0.25, 0.3) is 0 Å². The van der Waals surface area contributed by atoms with Crippen LogP contribution in [0.3, 0.4) is 0 Å². The van der Waals surface area contributed by atoms with Gasteiger partial charge in [-0.15, -0.1) is 0 Å². The maximum absolute atomic E-state index is 10.5. The Bertz CT molecular complexity index is 1100. The van der Waals surface area contributed by atoms with Gasteiger partial charge < -0.3 is 5.11 Å². The van der Waals surface area contributed by atoms with Gasteiger partial charge >= 0.3 is 35.6 Å². The molecular formula is C26H25Cl2OP2Ti+. The summed E-state index contributed by atoms with van der Waals surface area (Å²) in [6, 6.07) is 34.2. The summed E-state index contributed by atoms with van der Waals surface area (Å²) in [6.07, 6.45) is 0. The first kappa shape index (κ1) is 25.5. The topological polar surface area (TPSA) is 20.2 Å². The Morgan fingerprint density at radius 1 is 0.750 bits per heavy atom. The predicted octanol–water partition coefficient (Wildman–Crippen LogP) is 5.51. The zero-order valence-electron chi connectivity index (χ0n) is 17.9. The summed E-state index contributed by atoms with van der Waals surface area (Å²) in [6.45, 7) is 4.27. The van der Waals surface area contributed by atoms with E-state index >= 15 is 0 Å². The van der Waals surface area contributed by atoms with Crippen molar-refractivity contribution in [3.05, 3.63) is 108 Å². The monoisotopic (exact) mass is 533 g/mol. The Labute approximate surface area is 210 Å². The number of benzene rings is 4. The van der Waals surface area contributed by atoms with Crippen LogP contribution in [0.1, 0.15) is 11.1 Å². The molecule has 1 unspecified atom stereocenters. The van der Waals surface area contributed by atoms with Gasteiger partial charge in [0.1, 0.15) is 21.7 Å². The van der Waals surface area contributed by atoms with Gasteiger partial charge in [-0.05, 0) is 61.9 Å². The van der Waals surface area contributed by atoms with E-state index in [0.717, 1.165) is 5.30 Å². The molecular weight excluding hydrogens is 509 g/mol. The molecule has 0 heterocycles. The molecule has 1 N–H and O–H groups in total. The minimum atomic E-state index is -1.15. The van der Waals surface area contributed by atoms with Gasteiger partial charge in [-0.25, -0.2) is 0 Å². The van der Waals surface area contributed by atoms with Gasteiger partial charge in [0.15, 0.2) is 0 Å². The van der Waals surface area contributed by atoms with Crippen LogP contribution in [0.15, 0.2) is 97.1 Å². The molecule has 32 heavy (non-hydrogen) atoms. The Morgan fingerprint density at radius 2 is 1.31 bits per heavy atom. The second-order valence-electron chi connectivity index (χ2n) is 7.32. The van der Waals surface area contributed by atoms with E-state index in [1.54, 1.807) is 0 Å². The summed E-state index contributed by atoms with van der Waals surface area (Å²) in [5.41, 5.74) is 2.47. The van der Waals surface area contributed by atoms with E-state index in [0.29, 0.717) is 14.3 Å². The standard InChI is InChI=1S/C26H24OP2.2ClH.Ti/c1-19-16-17-23(27)24(18-19)28-26-20(2)10-9-15-25(26)29(21-11-5-3-6-12-21)22-13-7-4-8-14-22;;;/h3-18,27-28H,1-2H3;2*1H;/q;;;+2/p-1. The normalized spacial score (nSPS) is 10.8. The first-order chi connectivity index (χ1) is 15.5. The van der Waals surface area contributed by atoms with Crippen molar-refractivity contribution in [3.8, 4) is 5.75 Å². The van der Waals surface area contributed by atoms with Crippen molar-refractivity contribution in [2.45, 2.75) is 13.8 Å². The van der Waals surface area contributed by atoms with Crippen molar-refractivity contribution in [1.82, 2.24) is 0 Å². The van der Waals surface area contributed by atoms with E-state index in [-0.39, 0.29) is 0 Å². The molecule has 0 aliphatic rings. The molecule has 0 aliphatic heterocycles. The van der Waals surface area contributed by atoms with E-state index in [1.807, 2.05) is 12.1 Å². The quantitative estimate of drug-likeness (QED) is 0.265. The van der Waals surface area contributed by atoms with Gasteiger partial charge in [0, 0.05) is 10.6 Å². The summed E-state index contributed by atoms with van der Waals surface area (Å²) in [4.78, 5) is 0. The van der Waals surface area contributed by atoms with E-state index in [4.69, 9.17) is 18.6 Å². The molecule has 0 spiro atoms. The van der Waals surface area contributed by atoms with Crippen LogP contribution in [-0.4, -0.2) is 5.11 Å². The summed E-state index contributed by atoms with van der Waals surface area (Å²) in [5, 5.41) is 17.0. The van der Waals surface area contributed by atoms with Gasteiger partial charge in [-0.1, -0.05) is 68.7 Å². The van der Waals surface area contributed by atoms with Crippen LogP contribution >= 0.6 is 35.1 Å². The summed E-state index contributed by atoms with van der Waals surface area (Å²) >= 11 is -0.556. The molecule has 0 saturated carbocycles. The SMILES string of the molecule is Cc1ccc(O)c(Pc2c(C)cccc2[PH+](c2ccccc2)c2ccccc2)c1.[Cl][Ti][Cl]. The molecule has 0 fully saturated rings. The molecule has 6 heteroatoms. The molecule has 0 aromatic heterocycles. The Hall–Kier alpha value is -1.17. The van der Waals surface area contributed by atoms with Crippen LogP contribution in [0.2, 0.25) is 0 Å². The first-order valence-electron chi connectivity index (χ1n) is 10.2. The number of aryl methyl sites for hydroxylation is 2. The summed E-state index contributed by atoms with van der Waals surface area (Å²) in [5.74, 6) is 0.385. The molecule has 0 amide bonds. The third-order valence-corrected chi connectivity index (χ3v) is 9.69. The Kier molecular flexibility index (Phi) is 10.3. The van der Waals surface area contributed by atoms with Crippen molar-refractivity contribution >= 4 is 61.6 Å². The Balaban J connectivity index is 0.000000913. The average molecular weight is 534 g/mol. The number of rotatable bonds is 5. The molecule has 4 aromatic rings. The number of aromatic hydroxyl groups is 1. The minimum absolute atomic E-state index is 0.385. The van der Waals surface area contributed by atoms with Crippen molar-refractivity contribution in [2.75, 3.05) is 0 Å². The van der Waals surface area contributed by atoms with Crippen LogP contribution in [0.4, 0.5) is 0 Å². The molecule has 4 aromatic carbocycles. The fraction of sp³-hybridized carbons (Fsp3) is 0.0769. The van der Waals surface area contributed by atoms with Crippen molar-refractivity contribution in [1.29, 1.82) is 0 Å². The number of hydrogen-bond donors (Lipinski definition) is 1. The second-order valence-corrected chi connectivity index (χ2v) is 13.6. The van der Waals surface area contributed by atoms with Crippen LogP contribution in [-0.2, 0) is 17.0 Å². The third-order valence-electron chi connectivity index (χ3n) is 5.08. The fourth-order valence-electron chi connectivity index (χ4n) is 3.61. The molecule has 0 saturated heterocycles. The van der Waals surface area contributed by atoms with E-state index in [2.05, 4.69) is 98.8 Å². The number of halogens is 2. The molecule has 162 valence electrons. The first-order valence-corrected chi connectivity index (χ1v) is 17.0. The van der Waals surface area contributed by atoms with E-state index in [1.165, 1.54) is 32.3 Å². The molecule has 0 radical (unpaired) electrons. The van der Waals surface area contributed by atoms with Crippen LogP contribution in [0.5, 0.6) is 5.75 Å². The van der Waals surface area contributed by atoms with Gasteiger partial charge in [-0.2, -0.15) is 0 Å².